The van der Waals surface area contributed by atoms with Crippen LogP contribution in [0.25, 0.3) is 22.2 Å². The third kappa shape index (κ3) is 3.82. The first-order chi connectivity index (χ1) is 13.5. The van der Waals surface area contributed by atoms with E-state index in [2.05, 4.69) is 39.3 Å². The summed E-state index contributed by atoms with van der Waals surface area (Å²) in [6.07, 6.45) is 5.35. The first-order valence-electron chi connectivity index (χ1n) is 9.41. The summed E-state index contributed by atoms with van der Waals surface area (Å²) < 4.78 is 5.58. The van der Waals surface area contributed by atoms with E-state index in [0.29, 0.717) is 23.6 Å². The Hall–Kier alpha value is -3.00. The van der Waals surface area contributed by atoms with Crippen LogP contribution in [0.1, 0.15) is 18.7 Å². The van der Waals surface area contributed by atoms with Crippen molar-refractivity contribution >= 4 is 22.9 Å². The molecule has 0 radical (unpaired) electrons. The van der Waals surface area contributed by atoms with Crippen molar-refractivity contribution < 1.29 is 9.21 Å². The molecule has 0 saturated carbocycles. The average molecular weight is 380 g/mol. The lowest BCUT2D eigenvalue weighted by Crippen LogP contribution is -2.46. The number of piperidine rings is 1. The molecular formula is C20H24N6O2. The molecule has 1 saturated heterocycles. The maximum absolute atomic E-state index is 12.6. The zero-order chi connectivity index (χ0) is 19.7. The molecule has 4 rings (SSSR count). The predicted molar refractivity (Wildman–Crippen MR) is 107 cm³/mol. The standard InChI is InChI=1S/C20H24N6O2/c1-13-21-12-18(28-13)14-4-5-15-11-22-19(23-17(15)10-14)24-20(27)26-8-6-16(7-9-26)25(2)3/h4-5,10-12,16H,6-9H2,1-3H3,(H,22,23,24,27). The molecule has 1 N–H and O–H groups in total. The Morgan fingerprint density at radius 1 is 1.21 bits per heavy atom. The van der Waals surface area contributed by atoms with Crippen LogP contribution >= 0.6 is 0 Å². The van der Waals surface area contributed by atoms with E-state index >= 15 is 0 Å². The Morgan fingerprint density at radius 3 is 2.68 bits per heavy atom. The van der Waals surface area contributed by atoms with Crippen LogP contribution in [0.15, 0.2) is 35.0 Å². The molecule has 146 valence electrons. The number of aryl methyl sites for hydroxylation is 1. The molecule has 8 nitrogen and oxygen atoms in total. The SMILES string of the molecule is Cc1ncc(-c2ccc3cnc(NC(=O)N4CCC(N(C)C)CC4)nc3c2)o1. The molecule has 1 aliphatic rings. The Bertz CT molecular complexity index is 991. The fourth-order valence-electron chi connectivity index (χ4n) is 3.49. The average Bonchev–Trinajstić information content (AvgIpc) is 3.14. The second-order valence-electron chi connectivity index (χ2n) is 7.32. The lowest BCUT2D eigenvalue weighted by molar-refractivity contribution is 0.156. The molecule has 28 heavy (non-hydrogen) atoms. The lowest BCUT2D eigenvalue weighted by Gasteiger charge is -2.34. The quantitative estimate of drug-likeness (QED) is 0.751. The lowest BCUT2D eigenvalue weighted by atomic mass is 10.0. The van der Waals surface area contributed by atoms with Gasteiger partial charge in [0.2, 0.25) is 5.95 Å². The van der Waals surface area contributed by atoms with Gasteiger partial charge in [0, 0.05) is 43.2 Å². The van der Waals surface area contributed by atoms with Crippen molar-refractivity contribution in [3.05, 3.63) is 36.5 Å². The van der Waals surface area contributed by atoms with Gasteiger partial charge in [-0.2, -0.15) is 0 Å². The molecular weight excluding hydrogens is 356 g/mol. The molecule has 3 aromatic rings. The number of fused-ring (bicyclic) bond motifs is 1. The number of carbonyl (C=O) groups excluding carboxylic acids is 1. The van der Waals surface area contributed by atoms with E-state index in [9.17, 15) is 4.79 Å². The summed E-state index contributed by atoms with van der Waals surface area (Å²) in [6.45, 7) is 3.27. The van der Waals surface area contributed by atoms with E-state index in [1.165, 1.54) is 0 Å². The third-order valence-corrected chi connectivity index (χ3v) is 5.19. The molecule has 2 aromatic heterocycles. The summed E-state index contributed by atoms with van der Waals surface area (Å²) in [5.74, 6) is 1.61. The van der Waals surface area contributed by atoms with Gasteiger partial charge >= 0.3 is 6.03 Å². The molecule has 3 heterocycles. The van der Waals surface area contributed by atoms with Crippen LogP contribution in [-0.2, 0) is 0 Å². The molecule has 1 aliphatic heterocycles. The van der Waals surface area contributed by atoms with Crippen molar-refractivity contribution in [1.29, 1.82) is 0 Å². The van der Waals surface area contributed by atoms with Gasteiger partial charge in [-0.1, -0.05) is 12.1 Å². The number of rotatable bonds is 3. The molecule has 0 aliphatic carbocycles. The minimum atomic E-state index is -0.154. The number of benzene rings is 1. The van der Waals surface area contributed by atoms with E-state index in [-0.39, 0.29) is 6.03 Å². The Labute approximate surface area is 163 Å². The van der Waals surface area contributed by atoms with Gasteiger partial charge in [-0.25, -0.2) is 19.7 Å². The van der Waals surface area contributed by atoms with Gasteiger partial charge in [0.15, 0.2) is 11.7 Å². The van der Waals surface area contributed by atoms with Crippen LogP contribution < -0.4 is 5.32 Å². The molecule has 0 bridgehead atoms. The molecule has 0 unspecified atom stereocenters. The van der Waals surface area contributed by atoms with Gasteiger partial charge in [-0.05, 0) is 33.0 Å². The number of carbonyl (C=O) groups is 1. The number of anilines is 1. The number of aromatic nitrogens is 3. The fraction of sp³-hybridized carbons (Fsp3) is 0.400. The Morgan fingerprint density at radius 2 is 2.00 bits per heavy atom. The maximum Gasteiger partial charge on any atom is 0.324 e. The normalized spacial score (nSPS) is 15.4. The first-order valence-corrected chi connectivity index (χ1v) is 9.41. The molecule has 8 heteroatoms. The van der Waals surface area contributed by atoms with Crippen LogP contribution in [0.5, 0.6) is 0 Å². The Balaban J connectivity index is 1.49. The minimum Gasteiger partial charge on any atom is -0.441 e. The number of hydrogen-bond donors (Lipinski definition) is 1. The summed E-state index contributed by atoms with van der Waals surface area (Å²) in [4.78, 5) is 29.5. The van der Waals surface area contributed by atoms with E-state index in [0.717, 1.165) is 42.4 Å². The van der Waals surface area contributed by atoms with Crippen LogP contribution in [0, 0.1) is 6.92 Å². The number of amides is 2. The molecule has 2 amide bonds. The zero-order valence-corrected chi connectivity index (χ0v) is 16.3. The van der Waals surface area contributed by atoms with E-state index < -0.39 is 0 Å². The van der Waals surface area contributed by atoms with Crippen molar-refractivity contribution in [1.82, 2.24) is 24.8 Å². The molecule has 1 aromatic carbocycles. The fourth-order valence-corrected chi connectivity index (χ4v) is 3.49. The van der Waals surface area contributed by atoms with Crippen molar-refractivity contribution in [2.75, 3.05) is 32.5 Å². The van der Waals surface area contributed by atoms with Crippen LogP contribution in [0.3, 0.4) is 0 Å². The smallest absolute Gasteiger partial charge is 0.324 e. The monoisotopic (exact) mass is 380 g/mol. The van der Waals surface area contributed by atoms with Crippen molar-refractivity contribution in [2.45, 2.75) is 25.8 Å². The summed E-state index contributed by atoms with van der Waals surface area (Å²) in [7, 11) is 4.16. The zero-order valence-electron chi connectivity index (χ0n) is 16.3. The summed E-state index contributed by atoms with van der Waals surface area (Å²) in [6, 6.07) is 6.16. The minimum absolute atomic E-state index is 0.154. The van der Waals surface area contributed by atoms with Gasteiger partial charge in [0.25, 0.3) is 0 Å². The topological polar surface area (TPSA) is 87.4 Å². The van der Waals surface area contributed by atoms with Gasteiger partial charge in [-0.15, -0.1) is 0 Å². The van der Waals surface area contributed by atoms with Crippen molar-refractivity contribution in [3.63, 3.8) is 0 Å². The number of urea groups is 1. The van der Waals surface area contributed by atoms with Gasteiger partial charge in [0.05, 0.1) is 11.7 Å². The Kier molecular flexibility index (Phi) is 4.95. The number of hydrogen-bond acceptors (Lipinski definition) is 6. The van der Waals surface area contributed by atoms with E-state index in [4.69, 9.17) is 4.42 Å². The second kappa shape index (κ2) is 7.55. The van der Waals surface area contributed by atoms with Crippen LogP contribution in [-0.4, -0.2) is 64.0 Å². The van der Waals surface area contributed by atoms with Crippen molar-refractivity contribution in [3.8, 4) is 11.3 Å². The first kappa shape index (κ1) is 18.4. The van der Waals surface area contributed by atoms with E-state index in [1.54, 1.807) is 12.4 Å². The summed E-state index contributed by atoms with van der Waals surface area (Å²) in [5, 5.41) is 3.72. The highest BCUT2D eigenvalue weighted by Gasteiger charge is 2.24. The predicted octanol–water partition coefficient (Wildman–Crippen LogP) is 3.15. The van der Waals surface area contributed by atoms with Crippen molar-refractivity contribution in [2.24, 2.45) is 0 Å². The second-order valence-corrected chi connectivity index (χ2v) is 7.32. The molecule has 1 fully saturated rings. The molecule has 0 spiro atoms. The van der Waals surface area contributed by atoms with Gasteiger partial charge in [0.1, 0.15) is 0 Å². The highest BCUT2D eigenvalue weighted by atomic mass is 16.4. The van der Waals surface area contributed by atoms with Gasteiger partial charge < -0.3 is 14.2 Å². The maximum atomic E-state index is 12.6. The number of nitrogens with zero attached hydrogens (tertiary/aromatic N) is 5. The highest BCUT2D eigenvalue weighted by Crippen LogP contribution is 2.24. The largest absolute Gasteiger partial charge is 0.441 e. The third-order valence-electron chi connectivity index (χ3n) is 5.19. The number of nitrogens with one attached hydrogen (secondary N) is 1. The van der Waals surface area contributed by atoms with Gasteiger partial charge in [-0.3, -0.25) is 5.32 Å². The van der Waals surface area contributed by atoms with E-state index in [1.807, 2.05) is 30.0 Å². The van der Waals surface area contributed by atoms with Crippen LogP contribution in [0.2, 0.25) is 0 Å². The number of likely N-dealkylation sites (tertiary alicyclic amines) is 1. The van der Waals surface area contributed by atoms with Crippen LogP contribution in [0.4, 0.5) is 10.7 Å². The molecule has 0 atom stereocenters. The summed E-state index contributed by atoms with van der Waals surface area (Å²) >= 11 is 0. The summed E-state index contributed by atoms with van der Waals surface area (Å²) in [5.41, 5.74) is 1.62. The number of oxazole rings is 1. The highest BCUT2D eigenvalue weighted by molar-refractivity contribution is 5.89.